The zero-order valence-corrected chi connectivity index (χ0v) is 16.5. The zero-order chi connectivity index (χ0) is 19.7. The minimum atomic E-state index is -0.175. The minimum absolute atomic E-state index is 0.127. The molecular formula is C20H26N6O2. The quantitative estimate of drug-likeness (QED) is 0.707. The molecule has 0 aromatic carbocycles. The van der Waals surface area contributed by atoms with Gasteiger partial charge in [-0.15, -0.1) is 0 Å². The number of carbonyl (C=O) groups is 1. The van der Waals surface area contributed by atoms with Gasteiger partial charge in [-0.05, 0) is 51.5 Å². The summed E-state index contributed by atoms with van der Waals surface area (Å²) in [6.45, 7) is 4.27. The van der Waals surface area contributed by atoms with Gasteiger partial charge in [-0.25, -0.2) is 15.0 Å². The molecule has 0 radical (unpaired) electrons. The lowest BCUT2D eigenvalue weighted by Crippen LogP contribution is -2.42. The first-order valence-electron chi connectivity index (χ1n) is 9.67. The van der Waals surface area contributed by atoms with Crippen molar-refractivity contribution in [1.82, 2.24) is 29.8 Å². The van der Waals surface area contributed by atoms with E-state index in [4.69, 9.17) is 4.74 Å². The SMILES string of the molecule is COC(C)(C)[C@H]1CC[C@H](NC(=O)c2nc(-n3ccnc3)nc3cc[nH]c23)CC1. The summed E-state index contributed by atoms with van der Waals surface area (Å²) in [4.78, 5) is 29.1. The van der Waals surface area contributed by atoms with Crippen LogP contribution < -0.4 is 5.32 Å². The Morgan fingerprint density at radius 2 is 2.07 bits per heavy atom. The van der Waals surface area contributed by atoms with Crippen LogP contribution >= 0.6 is 0 Å². The minimum Gasteiger partial charge on any atom is -0.379 e. The van der Waals surface area contributed by atoms with Crippen LogP contribution in [0.25, 0.3) is 17.0 Å². The van der Waals surface area contributed by atoms with Gasteiger partial charge in [-0.1, -0.05) is 0 Å². The fourth-order valence-electron chi connectivity index (χ4n) is 3.94. The predicted octanol–water partition coefficient (Wildman–Crippen LogP) is 2.86. The van der Waals surface area contributed by atoms with Crippen LogP contribution in [0.1, 0.15) is 50.0 Å². The Balaban J connectivity index is 1.51. The predicted molar refractivity (Wildman–Crippen MR) is 105 cm³/mol. The number of methoxy groups -OCH3 is 1. The van der Waals surface area contributed by atoms with Crippen molar-refractivity contribution < 1.29 is 9.53 Å². The summed E-state index contributed by atoms with van der Waals surface area (Å²) in [7, 11) is 1.77. The lowest BCUT2D eigenvalue weighted by molar-refractivity contribution is -0.0421. The summed E-state index contributed by atoms with van der Waals surface area (Å²) in [5.41, 5.74) is 1.58. The molecule has 1 amide bonds. The number of hydrogen-bond donors (Lipinski definition) is 2. The number of ether oxygens (including phenoxy) is 1. The largest absolute Gasteiger partial charge is 0.379 e. The molecule has 8 nitrogen and oxygen atoms in total. The molecular weight excluding hydrogens is 356 g/mol. The number of rotatable bonds is 5. The topological polar surface area (TPSA) is 97.7 Å². The molecule has 3 heterocycles. The maximum atomic E-state index is 13.0. The molecule has 3 aromatic rings. The molecule has 0 spiro atoms. The fourth-order valence-corrected chi connectivity index (χ4v) is 3.94. The van der Waals surface area contributed by atoms with E-state index in [0.29, 0.717) is 28.6 Å². The fraction of sp³-hybridized carbons (Fsp3) is 0.500. The molecule has 8 heteroatoms. The van der Waals surface area contributed by atoms with Gasteiger partial charge in [-0.2, -0.15) is 0 Å². The molecule has 0 unspecified atom stereocenters. The van der Waals surface area contributed by atoms with Crippen molar-refractivity contribution in [3.63, 3.8) is 0 Å². The highest BCUT2D eigenvalue weighted by Crippen LogP contribution is 2.34. The number of fused-ring (bicyclic) bond motifs is 1. The number of hydrogen-bond acceptors (Lipinski definition) is 5. The summed E-state index contributed by atoms with van der Waals surface area (Å²) >= 11 is 0. The zero-order valence-electron chi connectivity index (χ0n) is 16.5. The van der Waals surface area contributed by atoms with E-state index in [-0.39, 0.29) is 17.6 Å². The van der Waals surface area contributed by atoms with Crippen molar-refractivity contribution in [1.29, 1.82) is 0 Å². The van der Waals surface area contributed by atoms with Gasteiger partial charge < -0.3 is 15.0 Å². The number of nitrogens with one attached hydrogen (secondary N) is 2. The molecule has 1 aliphatic rings. The van der Waals surface area contributed by atoms with Crippen LogP contribution in [0.15, 0.2) is 31.0 Å². The number of imidazole rings is 1. The first kappa shape index (κ1) is 18.6. The van der Waals surface area contributed by atoms with Crippen LogP contribution in [0.2, 0.25) is 0 Å². The average Bonchev–Trinajstić information content (AvgIpc) is 3.39. The molecule has 4 rings (SSSR count). The van der Waals surface area contributed by atoms with Crippen LogP contribution in [0.5, 0.6) is 0 Å². The maximum absolute atomic E-state index is 13.0. The normalized spacial score (nSPS) is 20.4. The van der Waals surface area contributed by atoms with E-state index in [9.17, 15) is 4.79 Å². The summed E-state index contributed by atoms with van der Waals surface area (Å²) in [6.07, 6.45) is 10.8. The molecule has 0 atom stereocenters. The third kappa shape index (κ3) is 3.52. The first-order valence-corrected chi connectivity index (χ1v) is 9.67. The third-order valence-electron chi connectivity index (χ3n) is 5.92. The molecule has 0 bridgehead atoms. The Hall–Kier alpha value is -2.74. The molecule has 1 saturated carbocycles. The van der Waals surface area contributed by atoms with Gasteiger partial charge >= 0.3 is 0 Å². The monoisotopic (exact) mass is 382 g/mol. The summed E-state index contributed by atoms with van der Waals surface area (Å²) in [5, 5.41) is 3.16. The number of nitrogens with zero attached hydrogens (tertiary/aromatic N) is 4. The van der Waals surface area contributed by atoms with Crippen LogP contribution in [-0.2, 0) is 4.74 Å². The van der Waals surface area contributed by atoms with Gasteiger partial charge in [0.25, 0.3) is 5.91 Å². The maximum Gasteiger partial charge on any atom is 0.272 e. The van der Waals surface area contributed by atoms with E-state index < -0.39 is 0 Å². The Bertz CT molecular complexity index is 954. The smallest absolute Gasteiger partial charge is 0.272 e. The molecule has 28 heavy (non-hydrogen) atoms. The first-order chi connectivity index (χ1) is 13.5. The molecule has 1 fully saturated rings. The van der Waals surface area contributed by atoms with Crippen molar-refractivity contribution in [3.05, 3.63) is 36.7 Å². The second-order valence-corrected chi connectivity index (χ2v) is 7.91. The number of carbonyl (C=O) groups excluding carboxylic acids is 1. The summed E-state index contributed by atoms with van der Waals surface area (Å²) in [6, 6.07) is 1.99. The molecule has 2 N–H and O–H groups in total. The number of amides is 1. The second kappa shape index (κ2) is 7.35. The van der Waals surface area contributed by atoms with Gasteiger partial charge in [0, 0.05) is 31.7 Å². The Morgan fingerprint density at radius 3 is 2.75 bits per heavy atom. The van der Waals surface area contributed by atoms with Crippen molar-refractivity contribution in [3.8, 4) is 5.95 Å². The van der Waals surface area contributed by atoms with E-state index >= 15 is 0 Å². The molecule has 1 aliphatic carbocycles. The van der Waals surface area contributed by atoms with Crippen molar-refractivity contribution >= 4 is 16.9 Å². The van der Waals surface area contributed by atoms with Crippen LogP contribution in [0.3, 0.4) is 0 Å². The summed E-state index contributed by atoms with van der Waals surface area (Å²) in [5.74, 6) is 0.763. The Kier molecular flexibility index (Phi) is 4.89. The van der Waals surface area contributed by atoms with Gasteiger partial charge in [0.2, 0.25) is 5.95 Å². The average molecular weight is 382 g/mol. The van der Waals surface area contributed by atoms with E-state index in [1.54, 1.807) is 36.6 Å². The molecule has 3 aromatic heterocycles. The Morgan fingerprint density at radius 1 is 1.29 bits per heavy atom. The summed E-state index contributed by atoms with van der Waals surface area (Å²) < 4.78 is 7.33. The molecule has 0 aliphatic heterocycles. The third-order valence-corrected chi connectivity index (χ3v) is 5.92. The van der Waals surface area contributed by atoms with Crippen molar-refractivity contribution in [2.45, 2.75) is 51.2 Å². The highest BCUT2D eigenvalue weighted by atomic mass is 16.5. The van der Waals surface area contributed by atoms with Crippen LogP contribution in [-0.4, -0.2) is 49.2 Å². The van der Waals surface area contributed by atoms with Gasteiger partial charge in [0.1, 0.15) is 6.33 Å². The number of H-pyrrole nitrogens is 1. The van der Waals surface area contributed by atoms with Crippen LogP contribution in [0, 0.1) is 5.92 Å². The lowest BCUT2D eigenvalue weighted by Gasteiger charge is -2.38. The standard InChI is InChI=1S/C20H26N6O2/c1-20(2,28-3)13-4-6-14(7-5-13)23-18(27)17-16-15(8-9-22-16)24-19(25-17)26-11-10-21-12-26/h8-14,22H,4-7H2,1-3H3,(H,23,27)/t13-,14-. The second-order valence-electron chi connectivity index (χ2n) is 7.91. The Labute approximate surface area is 163 Å². The lowest BCUT2D eigenvalue weighted by atomic mass is 9.77. The number of aromatic nitrogens is 5. The molecule has 0 saturated heterocycles. The van der Waals surface area contributed by atoms with Gasteiger partial charge in [-0.3, -0.25) is 9.36 Å². The molecule has 148 valence electrons. The number of aromatic amines is 1. The van der Waals surface area contributed by atoms with Crippen molar-refractivity contribution in [2.75, 3.05) is 7.11 Å². The van der Waals surface area contributed by atoms with Gasteiger partial charge in [0.05, 0.1) is 16.6 Å². The van der Waals surface area contributed by atoms with E-state index in [1.165, 1.54) is 0 Å². The highest BCUT2D eigenvalue weighted by Gasteiger charge is 2.33. The highest BCUT2D eigenvalue weighted by molar-refractivity contribution is 6.03. The van der Waals surface area contributed by atoms with E-state index in [1.807, 2.05) is 6.07 Å². The van der Waals surface area contributed by atoms with Gasteiger partial charge in [0.15, 0.2) is 5.69 Å². The van der Waals surface area contributed by atoms with Crippen LogP contribution in [0.4, 0.5) is 0 Å². The van der Waals surface area contributed by atoms with E-state index in [0.717, 1.165) is 25.7 Å². The van der Waals surface area contributed by atoms with E-state index in [2.05, 4.69) is 39.1 Å². The van der Waals surface area contributed by atoms with Crippen molar-refractivity contribution in [2.24, 2.45) is 5.92 Å².